The number of nitro benzene ring substituents is 1. The fourth-order valence-electron chi connectivity index (χ4n) is 1.53. The Labute approximate surface area is 115 Å². The van der Waals surface area contributed by atoms with Gasteiger partial charge in [-0.25, -0.2) is 8.42 Å². The van der Waals surface area contributed by atoms with Crippen LogP contribution in [0, 0.1) is 10.1 Å². The minimum Gasteiger partial charge on any atom is -0.489 e. The molecule has 0 unspecified atom stereocenters. The third-order valence-corrected chi connectivity index (χ3v) is 3.95. The van der Waals surface area contributed by atoms with E-state index in [-0.39, 0.29) is 22.4 Å². The number of hydrogen-bond donors (Lipinski definition) is 0. The highest BCUT2D eigenvalue weighted by Gasteiger charge is 2.22. The molecule has 0 bridgehead atoms. The maximum Gasteiger partial charge on any atom is 0.271 e. The summed E-state index contributed by atoms with van der Waals surface area (Å²) in [6.45, 7) is 3.79. The summed E-state index contributed by atoms with van der Waals surface area (Å²) in [5, 5.41) is 10.7. The van der Waals surface area contributed by atoms with Gasteiger partial charge in [0.2, 0.25) is 0 Å². The molecule has 0 aliphatic carbocycles. The maximum atomic E-state index is 11.4. The molecule has 1 aromatic rings. The van der Waals surface area contributed by atoms with Crippen LogP contribution in [0.4, 0.5) is 5.69 Å². The van der Waals surface area contributed by atoms with Gasteiger partial charge in [-0.05, 0) is 18.9 Å². The first-order valence-corrected chi connectivity index (χ1v) is 8.00. The lowest BCUT2D eigenvalue weighted by molar-refractivity contribution is -0.385. The van der Waals surface area contributed by atoms with Gasteiger partial charge in [-0.2, -0.15) is 0 Å². The zero-order valence-electron chi connectivity index (χ0n) is 10.5. The van der Waals surface area contributed by atoms with Crippen LogP contribution in [0.25, 0.3) is 0 Å². The molecule has 106 valence electrons. The van der Waals surface area contributed by atoms with Gasteiger partial charge < -0.3 is 4.74 Å². The van der Waals surface area contributed by atoms with Crippen LogP contribution in [0.15, 0.2) is 23.1 Å². The number of benzene rings is 1. The maximum absolute atomic E-state index is 11.4. The molecule has 0 aromatic heterocycles. The summed E-state index contributed by atoms with van der Waals surface area (Å²) in [7, 11) is 1.17. The van der Waals surface area contributed by atoms with Crippen molar-refractivity contribution >= 4 is 25.4 Å². The van der Waals surface area contributed by atoms with Crippen LogP contribution in [0.3, 0.4) is 0 Å². The van der Waals surface area contributed by atoms with Crippen molar-refractivity contribution < 1.29 is 18.1 Å². The molecule has 1 aromatic carbocycles. The number of halogens is 1. The largest absolute Gasteiger partial charge is 0.489 e. The summed E-state index contributed by atoms with van der Waals surface area (Å²) in [4.78, 5) is 9.59. The first-order valence-electron chi connectivity index (χ1n) is 5.69. The predicted molar refractivity (Wildman–Crippen MR) is 71.1 cm³/mol. The summed E-state index contributed by atoms with van der Waals surface area (Å²) in [5.74, 6) is 0.0364. The monoisotopic (exact) mass is 307 g/mol. The number of hydrogen-bond acceptors (Lipinski definition) is 5. The van der Waals surface area contributed by atoms with Gasteiger partial charge in [0.15, 0.2) is 0 Å². The molecule has 0 radical (unpaired) electrons. The molecule has 0 aliphatic rings. The third-order valence-electron chi connectivity index (χ3n) is 2.61. The average molecular weight is 308 g/mol. The van der Waals surface area contributed by atoms with Gasteiger partial charge >= 0.3 is 0 Å². The van der Waals surface area contributed by atoms with Crippen LogP contribution >= 0.6 is 10.7 Å². The first-order chi connectivity index (χ1) is 8.79. The Morgan fingerprint density at radius 2 is 1.95 bits per heavy atom. The summed E-state index contributed by atoms with van der Waals surface area (Å²) < 4.78 is 28.4. The number of nitrogens with zero attached hydrogens (tertiary/aromatic N) is 1. The van der Waals surface area contributed by atoms with E-state index in [0.717, 1.165) is 6.07 Å². The van der Waals surface area contributed by atoms with E-state index in [1.165, 1.54) is 12.1 Å². The van der Waals surface area contributed by atoms with Crippen molar-refractivity contribution in [2.24, 2.45) is 0 Å². The molecule has 1 rings (SSSR count). The van der Waals surface area contributed by atoms with Crippen molar-refractivity contribution in [2.45, 2.75) is 37.7 Å². The Morgan fingerprint density at radius 1 is 1.37 bits per heavy atom. The zero-order chi connectivity index (χ0) is 14.6. The molecule has 0 heterocycles. The molecule has 0 fully saturated rings. The Hall–Kier alpha value is -1.34. The van der Waals surface area contributed by atoms with Gasteiger partial charge in [-0.3, -0.25) is 10.1 Å². The molecule has 0 spiro atoms. The number of rotatable bonds is 6. The summed E-state index contributed by atoms with van der Waals surface area (Å²) in [6.07, 6.45) is 1.21. The lowest BCUT2D eigenvalue weighted by Gasteiger charge is -2.17. The molecular weight excluding hydrogens is 294 g/mol. The first kappa shape index (κ1) is 15.7. The van der Waals surface area contributed by atoms with Gasteiger partial charge in [0.1, 0.15) is 10.6 Å². The van der Waals surface area contributed by atoms with Crippen molar-refractivity contribution in [1.29, 1.82) is 0 Å². The van der Waals surface area contributed by atoms with Crippen LogP contribution in [0.1, 0.15) is 26.7 Å². The standard InChI is InChI=1S/C11H14ClNO5S/c1-3-9(4-2)18-10-6-5-8(13(14)15)7-11(10)19(12,16)17/h5-7,9H,3-4H2,1-2H3. The van der Waals surface area contributed by atoms with Crippen molar-refractivity contribution in [2.75, 3.05) is 0 Å². The van der Waals surface area contributed by atoms with E-state index >= 15 is 0 Å². The molecule has 8 heteroatoms. The zero-order valence-corrected chi connectivity index (χ0v) is 12.1. The summed E-state index contributed by atoms with van der Waals surface area (Å²) >= 11 is 0. The highest BCUT2D eigenvalue weighted by atomic mass is 35.7. The topological polar surface area (TPSA) is 86.5 Å². The lowest BCUT2D eigenvalue weighted by atomic mass is 10.2. The fourth-order valence-corrected chi connectivity index (χ4v) is 2.51. The van der Waals surface area contributed by atoms with Crippen molar-refractivity contribution in [3.63, 3.8) is 0 Å². The summed E-state index contributed by atoms with van der Waals surface area (Å²) in [6, 6.07) is 3.34. The number of non-ortho nitro benzene ring substituents is 1. The van der Waals surface area contributed by atoms with E-state index in [1.807, 2.05) is 13.8 Å². The van der Waals surface area contributed by atoms with E-state index < -0.39 is 14.0 Å². The minimum absolute atomic E-state index is 0.0364. The third kappa shape index (κ3) is 4.07. The van der Waals surface area contributed by atoms with Crippen LogP contribution in [-0.4, -0.2) is 19.4 Å². The average Bonchev–Trinajstić information content (AvgIpc) is 2.34. The van der Waals surface area contributed by atoms with E-state index in [4.69, 9.17) is 15.4 Å². The Bertz CT molecular complexity index is 568. The van der Waals surface area contributed by atoms with E-state index in [2.05, 4.69) is 0 Å². The lowest BCUT2D eigenvalue weighted by Crippen LogP contribution is -2.15. The quantitative estimate of drug-likeness (QED) is 0.458. The highest BCUT2D eigenvalue weighted by molar-refractivity contribution is 8.13. The molecular formula is C11H14ClNO5S. The van der Waals surface area contributed by atoms with Crippen LogP contribution < -0.4 is 4.74 Å². The van der Waals surface area contributed by atoms with E-state index in [9.17, 15) is 18.5 Å². The molecule has 0 atom stereocenters. The molecule has 0 N–H and O–H groups in total. The minimum atomic E-state index is -4.11. The van der Waals surface area contributed by atoms with Gasteiger partial charge in [0.25, 0.3) is 14.7 Å². The Balaban J connectivity index is 3.28. The predicted octanol–water partition coefficient (Wildman–Crippen LogP) is 3.09. The molecule has 19 heavy (non-hydrogen) atoms. The number of nitro groups is 1. The SMILES string of the molecule is CCC(CC)Oc1ccc([N+](=O)[O-])cc1S(=O)(=O)Cl. The number of ether oxygens (including phenoxy) is 1. The highest BCUT2D eigenvalue weighted by Crippen LogP contribution is 2.32. The van der Waals surface area contributed by atoms with Gasteiger partial charge in [-0.1, -0.05) is 13.8 Å². The second kappa shape index (κ2) is 6.21. The Kier molecular flexibility index (Phi) is 5.13. The fraction of sp³-hybridized carbons (Fsp3) is 0.455. The van der Waals surface area contributed by atoms with Crippen molar-refractivity contribution in [3.05, 3.63) is 28.3 Å². The van der Waals surface area contributed by atoms with Gasteiger partial charge in [0, 0.05) is 22.8 Å². The summed E-state index contributed by atoms with van der Waals surface area (Å²) in [5.41, 5.74) is -0.351. The normalized spacial score (nSPS) is 11.6. The smallest absolute Gasteiger partial charge is 0.271 e. The van der Waals surface area contributed by atoms with Crippen molar-refractivity contribution in [1.82, 2.24) is 0 Å². The molecule has 0 amide bonds. The van der Waals surface area contributed by atoms with Crippen LogP contribution in [0.2, 0.25) is 0 Å². The molecule has 0 aliphatic heterocycles. The van der Waals surface area contributed by atoms with E-state index in [0.29, 0.717) is 12.8 Å². The molecule has 0 saturated carbocycles. The van der Waals surface area contributed by atoms with Crippen LogP contribution in [0.5, 0.6) is 5.75 Å². The Morgan fingerprint density at radius 3 is 2.37 bits per heavy atom. The van der Waals surface area contributed by atoms with Gasteiger partial charge in [-0.15, -0.1) is 0 Å². The second-order valence-electron chi connectivity index (χ2n) is 3.88. The van der Waals surface area contributed by atoms with Crippen LogP contribution in [-0.2, 0) is 9.05 Å². The van der Waals surface area contributed by atoms with Crippen molar-refractivity contribution in [3.8, 4) is 5.75 Å². The molecule has 6 nitrogen and oxygen atoms in total. The second-order valence-corrected chi connectivity index (χ2v) is 6.42. The molecule has 0 saturated heterocycles. The van der Waals surface area contributed by atoms with Gasteiger partial charge in [0.05, 0.1) is 11.0 Å². The van der Waals surface area contributed by atoms with E-state index in [1.54, 1.807) is 0 Å².